The van der Waals surface area contributed by atoms with Crippen LogP contribution in [0.3, 0.4) is 0 Å². The van der Waals surface area contributed by atoms with E-state index in [2.05, 4.69) is 10.6 Å². The highest BCUT2D eigenvalue weighted by Crippen LogP contribution is 2.25. The molecule has 1 aromatic rings. The maximum absolute atomic E-state index is 13.9. The topological polar surface area (TPSA) is 41.1 Å². The predicted molar refractivity (Wildman–Crippen MR) is 73.1 cm³/mol. The summed E-state index contributed by atoms with van der Waals surface area (Å²) in [5.41, 5.74) is 0.334. The molecule has 2 N–H and O–H groups in total. The van der Waals surface area contributed by atoms with E-state index < -0.39 is 17.7 Å². The highest BCUT2D eigenvalue weighted by Gasteiger charge is 2.27. The molecule has 3 nitrogen and oxygen atoms in total. The molecule has 0 aromatic heterocycles. The largest absolute Gasteiger partial charge is 0.349 e. The lowest BCUT2D eigenvalue weighted by molar-refractivity contribution is -0.125. The summed E-state index contributed by atoms with van der Waals surface area (Å²) in [6.45, 7) is 5.29. The molecule has 0 radical (unpaired) electrons. The molecule has 2 unspecified atom stereocenters. The van der Waals surface area contributed by atoms with Crippen LogP contribution >= 0.6 is 0 Å². The molecule has 110 valence electrons. The summed E-state index contributed by atoms with van der Waals surface area (Å²) < 4.78 is 26.9. The van der Waals surface area contributed by atoms with Crippen LogP contribution in [-0.2, 0) is 4.79 Å². The summed E-state index contributed by atoms with van der Waals surface area (Å²) in [4.78, 5) is 12.2. The van der Waals surface area contributed by atoms with Gasteiger partial charge in [-0.25, -0.2) is 8.78 Å². The summed E-state index contributed by atoms with van der Waals surface area (Å²) in [5, 5.41) is 6.02. The van der Waals surface area contributed by atoms with Gasteiger partial charge in [0.1, 0.15) is 11.6 Å². The number of carbonyl (C=O) groups excluding carboxylic acids is 1. The second-order valence-electron chi connectivity index (χ2n) is 5.59. The monoisotopic (exact) mass is 282 g/mol. The van der Waals surface area contributed by atoms with Crippen LogP contribution in [0.4, 0.5) is 8.78 Å². The third-order valence-corrected chi connectivity index (χ3v) is 3.69. The highest BCUT2D eigenvalue weighted by atomic mass is 19.1. The average molecular weight is 282 g/mol. The summed E-state index contributed by atoms with van der Waals surface area (Å²) in [7, 11) is 0. The Balaban J connectivity index is 2.16. The van der Waals surface area contributed by atoms with Gasteiger partial charge in [0.05, 0.1) is 12.0 Å². The zero-order valence-corrected chi connectivity index (χ0v) is 11.7. The Kier molecular flexibility index (Phi) is 4.70. The van der Waals surface area contributed by atoms with Gasteiger partial charge < -0.3 is 10.6 Å². The van der Waals surface area contributed by atoms with Gasteiger partial charge in [0.15, 0.2) is 0 Å². The van der Waals surface area contributed by atoms with Gasteiger partial charge in [0.25, 0.3) is 0 Å². The molecule has 0 spiro atoms. The first kappa shape index (κ1) is 14.9. The predicted octanol–water partition coefficient (Wildman–Crippen LogP) is 2.39. The molecule has 2 rings (SSSR count). The van der Waals surface area contributed by atoms with Crippen LogP contribution in [0.2, 0.25) is 0 Å². The van der Waals surface area contributed by atoms with Crippen molar-refractivity contribution < 1.29 is 13.6 Å². The van der Waals surface area contributed by atoms with Gasteiger partial charge >= 0.3 is 0 Å². The Bertz CT molecular complexity index is 485. The second kappa shape index (κ2) is 6.31. The summed E-state index contributed by atoms with van der Waals surface area (Å²) in [5.74, 6) is -1.35. The zero-order chi connectivity index (χ0) is 14.7. The minimum Gasteiger partial charge on any atom is -0.349 e. The number of amides is 1. The highest BCUT2D eigenvalue weighted by molar-refractivity contribution is 5.79. The van der Waals surface area contributed by atoms with Gasteiger partial charge in [-0.2, -0.15) is 0 Å². The second-order valence-corrected chi connectivity index (χ2v) is 5.59. The molecular weight excluding hydrogens is 262 g/mol. The van der Waals surface area contributed by atoms with Crippen LogP contribution in [0.1, 0.15) is 31.9 Å². The number of benzene rings is 1. The van der Waals surface area contributed by atoms with Crippen LogP contribution < -0.4 is 10.6 Å². The van der Waals surface area contributed by atoms with Gasteiger partial charge in [-0.3, -0.25) is 4.79 Å². The molecule has 1 heterocycles. The SMILES string of the molecule is CC(C)C(NC(=O)C1CCNC1)c1ccc(F)cc1F. The van der Waals surface area contributed by atoms with Gasteiger partial charge in [0, 0.05) is 18.2 Å². The lowest BCUT2D eigenvalue weighted by Gasteiger charge is -2.25. The quantitative estimate of drug-likeness (QED) is 0.890. The molecule has 1 amide bonds. The van der Waals surface area contributed by atoms with E-state index in [4.69, 9.17) is 0 Å². The molecule has 1 saturated heterocycles. The zero-order valence-electron chi connectivity index (χ0n) is 11.7. The third kappa shape index (κ3) is 3.33. The Morgan fingerprint density at radius 2 is 2.15 bits per heavy atom. The number of nitrogens with one attached hydrogen (secondary N) is 2. The minimum atomic E-state index is -0.617. The van der Waals surface area contributed by atoms with E-state index in [1.54, 1.807) is 0 Å². The molecule has 1 aliphatic heterocycles. The fraction of sp³-hybridized carbons (Fsp3) is 0.533. The fourth-order valence-corrected chi connectivity index (χ4v) is 2.51. The van der Waals surface area contributed by atoms with Crippen molar-refractivity contribution in [2.75, 3.05) is 13.1 Å². The molecule has 0 aliphatic carbocycles. The van der Waals surface area contributed by atoms with Gasteiger partial charge in [-0.05, 0) is 24.9 Å². The van der Waals surface area contributed by atoms with Crippen molar-refractivity contribution in [3.8, 4) is 0 Å². The van der Waals surface area contributed by atoms with E-state index in [0.717, 1.165) is 19.0 Å². The van der Waals surface area contributed by atoms with Crippen LogP contribution in [-0.4, -0.2) is 19.0 Å². The van der Waals surface area contributed by atoms with E-state index in [0.29, 0.717) is 12.1 Å². The van der Waals surface area contributed by atoms with Crippen molar-refractivity contribution in [2.24, 2.45) is 11.8 Å². The van der Waals surface area contributed by atoms with Gasteiger partial charge in [-0.15, -0.1) is 0 Å². The molecule has 20 heavy (non-hydrogen) atoms. The molecular formula is C15H20F2N2O. The summed E-state index contributed by atoms with van der Waals surface area (Å²) in [6, 6.07) is 3.04. The van der Waals surface area contributed by atoms with Crippen molar-refractivity contribution in [2.45, 2.75) is 26.3 Å². The minimum absolute atomic E-state index is 0.0215. The van der Waals surface area contributed by atoms with Crippen molar-refractivity contribution in [3.05, 3.63) is 35.4 Å². The Morgan fingerprint density at radius 3 is 2.70 bits per heavy atom. The fourth-order valence-electron chi connectivity index (χ4n) is 2.51. The number of halogens is 2. The standard InChI is InChI=1S/C15H20F2N2O/c1-9(2)14(12-4-3-11(16)7-13(12)17)19-15(20)10-5-6-18-8-10/h3-4,7,9-10,14,18H,5-6,8H2,1-2H3,(H,19,20). The van der Waals surface area contributed by atoms with Gasteiger partial charge in [0.2, 0.25) is 5.91 Å². The first-order valence-electron chi connectivity index (χ1n) is 6.95. The van der Waals surface area contributed by atoms with Crippen LogP contribution in [0, 0.1) is 23.5 Å². The Morgan fingerprint density at radius 1 is 1.40 bits per heavy atom. The molecule has 5 heteroatoms. The van der Waals surface area contributed by atoms with E-state index >= 15 is 0 Å². The number of carbonyl (C=O) groups is 1. The van der Waals surface area contributed by atoms with Crippen molar-refractivity contribution in [1.29, 1.82) is 0 Å². The third-order valence-electron chi connectivity index (χ3n) is 3.69. The Labute approximate surface area is 117 Å². The lowest BCUT2D eigenvalue weighted by atomic mass is 9.94. The van der Waals surface area contributed by atoms with Crippen molar-refractivity contribution in [1.82, 2.24) is 10.6 Å². The first-order valence-corrected chi connectivity index (χ1v) is 6.95. The van der Waals surface area contributed by atoms with Crippen molar-refractivity contribution >= 4 is 5.91 Å². The normalized spacial score (nSPS) is 20.1. The number of rotatable bonds is 4. The van der Waals surface area contributed by atoms with E-state index in [-0.39, 0.29) is 17.7 Å². The average Bonchev–Trinajstić information content (AvgIpc) is 2.90. The molecule has 0 bridgehead atoms. The van der Waals surface area contributed by atoms with E-state index in [1.807, 2.05) is 13.8 Å². The van der Waals surface area contributed by atoms with Gasteiger partial charge in [-0.1, -0.05) is 19.9 Å². The van der Waals surface area contributed by atoms with Crippen LogP contribution in [0.15, 0.2) is 18.2 Å². The van der Waals surface area contributed by atoms with Crippen molar-refractivity contribution in [3.63, 3.8) is 0 Å². The van der Waals surface area contributed by atoms with E-state index in [9.17, 15) is 13.6 Å². The van der Waals surface area contributed by atoms with Crippen LogP contribution in [0.5, 0.6) is 0 Å². The molecule has 0 saturated carbocycles. The van der Waals surface area contributed by atoms with E-state index in [1.165, 1.54) is 12.1 Å². The summed E-state index contributed by atoms with van der Waals surface area (Å²) in [6.07, 6.45) is 0.794. The molecule has 1 fully saturated rings. The smallest absolute Gasteiger partial charge is 0.224 e. The lowest BCUT2D eigenvalue weighted by Crippen LogP contribution is -2.37. The Hall–Kier alpha value is -1.49. The van der Waals surface area contributed by atoms with Crippen LogP contribution in [0.25, 0.3) is 0 Å². The summed E-state index contributed by atoms with van der Waals surface area (Å²) >= 11 is 0. The number of hydrogen-bond acceptors (Lipinski definition) is 2. The first-order chi connectivity index (χ1) is 9.49. The maximum Gasteiger partial charge on any atom is 0.224 e. The molecule has 2 atom stereocenters. The molecule has 1 aliphatic rings. The molecule has 1 aromatic carbocycles. The maximum atomic E-state index is 13.9. The number of hydrogen-bond donors (Lipinski definition) is 2.